The average molecular weight is 337 g/mol. The molecule has 0 fully saturated rings. The van der Waals surface area contributed by atoms with Crippen LogP contribution in [0.5, 0.6) is 0 Å². The van der Waals surface area contributed by atoms with Gasteiger partial charge in [0, 0.05) is 22.8 Å². The van der Waals surface area contributed by atoms with Crippen molar-refractivity contribution in [2.75, 3.05) is 0 Å². The summed E-state index contributed by atoms with van der Waals surface area (Å²) < 4.78 is 3.11. The molecule has 0 N–H and O–H groups in total. The third-order valence-corrected chi connectivity index (χ3v) is 3.86. The first-order valence-electron chi connectivity index (χ1n) is 5.96. The summed E-state index contributed by atoms with van der Waals surface area (Å²) in [5.74, 6) is 0.872. The number of fused-ring (bicyclic) bond motifs is 1. The molecule has 0 amide bonds. The molecule has 2 heterocycles. The third kappa shape index (κ3) is 2.15. The molecule has 3 rings (SSSR count). The molecule has 0 spiro atoms. The highest BCUT2D eigenvalue weighted by atomic mass is 79.9. The van der Waals surface area contributed by atoms with E-state index in [1.165, 1.54) is 0 Å². The summed E-state index contributed by atoms with van der Waals surface area (Å²) in [5.41, 5.74) is 2.88. The molecule has 96 valence electrons. The van der Waals surface area contributed by atoms with E-state index in [-0.39, 0.29) is 0 Å². The molecule has 0 aliphatic carbocycles. The molecule has 5 heteroatoms. The molecule has 0 aliphatic heterocycles. The number of aromatic nitrogens is 3. The second kappa shape index (κ2) is 4.94. The van der Waals surface area contributed by atoms with Crippen molar-refractivity contribution in [1.29, 1.82) is 0 Å². The molecule has 1 aromatic carbocycles. The van der Waals surface area contributed by atoms with Crippen LogP contribution in [0.15, 0.2) is 41.1 Å². The Balaban J connectivity index is 2.33. The molecular formula is C14H11BrClN3. The van der Waals surface area contributed by atoms with Crippen LogP contribution in [0.25, 0.3) is 22.4 Å². The van der Waals surface area contributed by atoms with Crippen LogP contribution in [-0.2, 0) is 6.54 Å². The van der Waals surface area contributed by atoms with E-state index in [0.29, 0.717) is 5.02 Å². The van der Waals surface area contributed by atoms with Gasteiger partial charge in [0.25, 0.3) is 0 Å². The minimum atomic E-state index is 0.696. The Labute approximate surface area is 124 Å². The van der Waals surface area contributed by atoms with Gasteiger partial charge in [0.2, 0.25) is 0 Å². The summed E-state index contributed by atoms with van der Waals surface area (Å²) >= 11 is 9.77. The normalized spacial score (nSPS) is 11.1. The average Bonchev–Trinajstić information content (AvgIpc) is 2.79. The predicted molar refractivity (Wildman–Crippen MR) is 81.3 cm³/mol. The predicted octanol–water partition coefficient (Wildman–Crippen LogP) is 4.53. The number of nitrogens with zero attached hydrogens (tertiary/aromatic N) is 3. The monoisotopic (exact) mass is 335 g/mol. The summed E-state index contributed by atoms with van der Waals surface area (Å²) in [6.45, 7) is 2.91. The number of rotatable bonds is 2. The van der Waals surface area contributed by atoms with Crippen LogP contribution in [0.2, 0.25) is 5.02 Å². The van der Waals surface area contributed by atoms with Crippen LogP contribution in [0.1, 0.15) is 6.92 Å². The molecule has 0 saturated carbocycles. The van der Waals surface area contributed by atoms with Gasteiger partial charge in [0.1, 0.15) is 5.82 Å². The van der Waals surface area contributed by atoms with Crippen molar-refractivity contribution < 1.29 is 0 Å². The Hall–Kier alpha value is -1.39. The molecule has 0 unspecified atom stereocenters. The zero-order chi connectivity index (χ0) is 13.4. The fourth-order valence-electron chi connectivity index (χ4n) is 2.16. The van der Waals surface area contributed by atoms with Gasteiger partial charge < -0.3 is 4.57 Å². The topological polar surface area (TPSA) is 30.7 Å². The maximum absolute atomic E-state index is 6.30. The number of hydrogen-bond acceptors (Lipinski definition) is 2. The first-order valence-corrected chi connectivity index (χ1v) is 7.13. The summed E-state index contributed by atoms with van der Waals surface area (Å²) in [5, 5.41) is 0.696. The van der Waals surface area contributed by atoms with Gasteiger partial charge in [-0.1, -0.05) is 27.5 Å². The van der Waals surface area contributed by atoms with Crippen LogP contribution < -0.4 is 0 Å². The molecule has 3 aromatic rings. The van der Waals surface area contributed by atoms with Crippen molar-refractivity contribution in [3.05, 3.63) is 46.2 Å². The Morgan fingerprint density at radius 2 is 2.16 bits per heavy atom. The van der Waals surface area contributed by atoms with Gasteiger partial charge in [-0.25, -0.2) is 4.98 Å². The van der Waals surface area contributed by atoms with E-state index in [0.717, 1.165) is 33.4 Å². The van der Waals surface area contributed by atoms with Crippen molar-refractivity contribution in [3.63, 3.8) is 0 Å². The minimum Gasteiger partial charge on any atom is -0.323 e. The Morgan fingerprint density at radius 1 is 1.32 bits per heavy atom. The van der Waals surface area contributed by atoms with Gasteiger partial charge in [-0.05, 0) is 31.2 Å². The molecule has 0 radical (unpaired) electrons. The smallest absolute Gasteiger partial charge is 0.142 e. The van der Waals surface area contributed by atoms with Gasteiger partial charge in [0.05, 0.1) is 22.3 Å². The van der Waals surface area contributed by atoms with Gasteiger partial charge in [-0.3, -0.25) is 4.98 Å². The number of pyridine rings is 1. The number of halogens is 2. The van der Waals surface area contributed by atoms with E-state index in [4.69, 9.17) is 11.6 Å². The van der Waals surface area contributed by atoms with Gasteiger partial charge in [0.15, 0.2) is 0 Å². The standard InChI is InChI=1S/C14H11BrClN3/c1-2-19-13-8-17-6-5-12(13)18-14(19)10-7-9(15)3-4-11(10)16/h3-8H,2H2,1H3. The fraction of sp³-hybridized carbons (Fsp3) is 0.143. The number of benzene rings is 1. The maximum Gasteiger partial charge on any atom is 0.142 e. The second-order valence-corrected chi connectivity index (χ2v) is 5.49. The Bertz CT molecular complexity index is 752. The summed E-state index contributed by atoms with van der Waals surface area (Å²) in [6, 6.07) is 7.70. The number of imidazole rings is 1. The Morgan fingerprint density at radius 3 is 2.95 bits per heavy atom. The zero-order valence-corrected chi connectivity index (χ0v) is 12.6. The number of aryl methyl sites for hydroxylation is 1. The van der Waals surface area contributed by atoms with Crippen molar-refractivity contribution in [1.82, 2.24) is 14.5 Å². The van der Waals surface area contributed by atoms with E-state index in [9.17, 15) is 0 Å². The summed E-state index contributed by atoms with van der Waals surface area (Å²) in [6.07, 6.45) is 3.59. The first kappa shape index (κ1) is 12.6. The van der Waals surface area contributed by atoms with Crippen LogP contribution >= 0.6 is 27.5 Å². The van der Waals surface area contributed by atoms with Crippen LogP contribution in [-0.4, -0.2) is 14.5 Å². The van der Waals surface area contributed by atoms with E-state index < -0.39 is 0 Å². The van der Waals surface area contributed by atoms with E-state index >= 15 is 0 Å². The van der Waals surface area contributed by atoms with E-state index in [1.807, 2.05) is 30.5 Å². The zero-order valence-electron chi connectivity index (χ0n) is 10.3. The largest absolute Gasteiger partial charge is 0.323 e. The molecule has 0 aliphatic rings. The van der Waals surface area contributed by atoms with Crippen LogP contribution in [0.3, 0.4) is 0 Å². The molecule has 3 nitrogen and oxygen atoms in total. The molecule has 0 saturated heterocycles. The lowest BCUT2D eigenvalue weighted by molar-refractivity contribution is 0.795. The minimum absolute atomic E-state index is 0.696. The number of hydrogen-bond donors (Lipinski definition) is 0. The van der Waals surface area contributed by atoms with Crippen molar-refractivity contribution in [2.24, 2.45) is 0 Å². The highest BCUT2D eigenvalue weighted by Crippen LogP contribution is 2.32. The van der Waals surface area contributed by atoms with Crippen LogP contribution in [0.4, 0.5) is 0 Å². The fourth-order valence-corrected chi connectivity index (χ4v) is 2.73. The lowest BCUT2D eigenvalue weighted by Crippen LogP contribution is -1.98. The van der Waals surface area contributed by atoms with Crippen molar-refractivity contribution in [3.8, 4) is 11.4 Å². The summed E-state index contributed by atoms with van der Waals surface area (Å²) in [4.78, 5) is 8.84. The van der Waals surface area contributed by atoms with Crippen LogP contribution in [0, 0.1) is 0 Å². The van der Waals surface area contributed by atoms with Crippen molar-refractivity contribution >= 4 is 38.6 Å². The SMILES string of the molecule is CCn1c(-c2cc(Br)ccc2Cl)nc2ccncc21. The van der Waals surface area contributed by atoms with Crippen molar-refractivity contribution in [2.45, 2.75) is 13.5 Å². The highest BCUT2D eigenvalue weighted by molar-refractivity contribution is 9.10. The highest BCUT2D eigenvalue weighted by Gasteiger charge is 2.14. The lowest BCUT2D eigenvalue weighted by atomic mass is 10.2. The van der Waals surface area contributed by atoms with Gasteiger partial charge in [-0.2, -0.15) is 0 Å². The first-order chi connectivity index (χ1) is 9.20. The quantitative estimate of drug-likeness (QED) is 0.688. The van der Waals surface area contributed by atoms with E-state index in [2.05, 4.69) is 37.4 Å². The maximum atomic E-state index is 6.30. The van der Waals surface area contributed by atoms with Gasteiger partial charge in [-0.15, -0.1) is 0 Å². The third-order valence-electron chi connectivity index (χ3n) is 3.04. The summed E-state index contributed by atoms with van der Waals surface area (Å²) in [7, 11) is 0. The van der Waals surface area contributed by atoms with E-state index in [1.54, 1.807) is 6.20 Å². The molecule has 2 aromatic heterocycles. The molecule has 19 heavy (non-hydrogen) atoms. The molecular weight excluding hydrogens is 326 g/mol. The Kier molecular flexibility index (Phi) is 3.29. The lowest BCUT2D eigenvalue weighted by Gasteiger charge is -2.08. The molecule has 0 bridgehead atoms. The van der Waals surface area contributed by atoms with Gasteiger partial charge >= 0.3 is 0 Å². The second-order valence-electron chi connectivity index (χ2n) is 4.17. The molecule has 0 atom stereocenters.